The van der Waals surface area contributed by atoms with Gasteiger partial charge in [-0.2, -0.15) is 0 Å². The maximum atomic E-state index is 14.1. The highest BCUT2D eigenvalue weighted by Crippen LogP contribution is 2.37. The Morgan fingerprint density at radius 3 is 2.73 bits per heavy atom. The Morgan fingerprint density at radius 2 is 1.96 bits per heavy atom. The number of aryl methyl sites for hydroxylation is 1. The number of ether oxygens (including phenoxy) is 1. The van der Waals surface area contributed by atoms with Crippen molar-refractivity contribution in [2.75, 3.05) is 11.4 Å². The lowest BCUT2D eigenvalue weighted by Gasteiger charge is -2.33. The SMILES string of the molecule is Cc1nc(-c2ccccc2)oc1C(=O)N1C[C@@H](C)Oc2c(F)cccc21. The molecule has 0 saturated carbocycles. The fourth-order valence-corrected chi connectivity index (χ4v) is 3.03. The van der Waals surface area contributed by atoms with E-state index in [9.17, 15) is 9.18 Å². The van der Waals surface area contributed by atoms with Crippen molar-refractivity contribution in [2.24, 2.45) is 0 Å². The van der Waals surface area contributed by atoms with Gasteiger partial charge in [0, 0.05) is 5.56 Å². The predicted octanol–water partition coefficient (Wildman–Crippen LogP) is 4.22. The first-order chi connectivity index (χ1) is 12.5. The van der Waals surface area contributed by atoms with Gasteiger partial charge in [0.15, 0.2) is 11.6 Å². The van der Waals surface area contributed by atoms with Crippen LogP contribution in [0.5, 0.6) is 5.75 Å². The van der Waals surface area contributed by atoms with Gasteiger partial charge in [-0.15, -0.1) is 0 Å². The van der Waals surface area contributed by atoms with Crippen molar-refractivity contribution < 1.29 is 18.3 Å². The second-order valence-corrected chi connectivity index (χ2v) is 6.23. The zero-order chi connectivity index (χ0) is 18.3. The smallest absolute Gasteiger partial charge is 0.296 e. The van der Waals surface area contributed by atoms with Gasteiger partial charge in [0.05, 0.1) is 17.9 Å². The number of anilines is 1. The van der Waals surface area contributed by atoms with Gasteiger partial charge < -0.3 is 9.15 Å². The lowest BCUT2D eigenvalue weighted by atomic mass is 10.1. The first kappa shape index (κ1) is 16.3. The number of nitrogens with zero attached hydrogens (tertiary/aromatic N) is 2. The minimum atomic E-state index is -0.494. The highest BCUT2D eigenvalue weighted by Gasteiger charge is 2.33. The summed E-state index contributed by atoms with van der Waals surface area (Å²) >= 11 is 0. The molecule has 132 valence electrons. The summed E-state index contributed by atoms with van der Waals surface area (Å²) in [5, 5.41) is 0. The minimum absolute atomic E-state index is 0.0834. The standard InChI is InChI=1S/C20H17FN2O3/c1-12-11-23(16-10-6-9-15(21)18(16)25-12)20(24)17-13(2)22-19(26-17)14-7-4-3-5-8-14/h3-10,12H,11H2,1-2H3/t12-/m1/s1. The first-order valence-electron chi connectivity index (χ1n) is 8.34. The monoisotopic (exact) mass is 352 g/mol. The molecule has 0 fully saturated rings. The Bertz CT molecular complexity index is 968. The minimum Gasteiger partial charge on any atom is -0.484 e. The Hall–Kier alpha value is -3.15. The number of carbonyl (C=O) groups excluding carboxylic acids is 1. The van der Waals surface area contributed by atoms with Crippen LogP contribution in [-0.2, 0) is 0 Å². The molecule has 1 aliphatic heterocycles. The van der Waals surface area contributed by atoms with Gasteiger partial charge in [0.2, 0.25) is 11.7 Å². The van der Waals surface area contributed by atoms with Crippen molar-refractivity contribution >= 4 is 11.6 Å². The molecule has 0 saturated heterocycles. The number of amides is 1. The molecule has 0 aliphatic carbocycles. The molecule has 0 N–H and O–H groups in total. The van der Waals surface area contributed by atoms with E-state index in [0.717, 1.165) is 5.56 Å². The largest absolute Gasteiger partial charge is 0.484 e. The third kappa shape index (κ3) is 2.73. The van der Waals surface area contributed by atoms with Crippen molar-refractivity contribution in [1.82, 2.24) is 4.98 Å². The highest BCUT2D eigenvalue weighted by atomic mass is 19.1. The average molecular weight is 352 g/mol. The molecule has 0 bridgehead atoms. The van der Waals surface area contributed by atoms with Gasteiger partial charge in [0.1, 0.15) is 6.10 Å². The number of para-hydroxylation sites is 1. The van der Waals surface area contributed by atoms with Crippen molar-refractivity contribution in [3.05, 3.63) is 65.8 Å². The summed E-state index contributed by atoms with van der Waals surface area (Å²) in [5.74, 6) is -0.245. The number of hydrogen-bond donors (Lipinski definition) is 0. The van der Waals surface area contributed by atoms with Crippen LogP contribution in [0.3, 0.4) is 0 Å². The molecule has 2 heterocycles. The van der Waals surface area contributed by atoms with Crippen LogP contribution in [0.15, 0.2) is 52.9 Å². The van der Waals surface area contributed by atoms with E-state index in [2.05, 4.69) is 4.98 Å². The molecule has 4 rings (SSSR count). The molecule has 1 aromatic heterocycles. The quantitative estimate of drug-likeness (QED) is 0.693. The van der Waals surface area contributed by atoms with Gasteiger partial charge in [-0.05, 0) is 38.1 Å². The molecule has 6 heteroatoms. The maximum absolute atomic E-state index is 14.1. The Kier molecular flexibility index (Phi) is 3.95. The summed E-state index contributed by atoms with van der Waals surface area (Å²) in [4.78, 5) is 18.9. The van der Waals surface area contributed by atoms with Crippen LogP contribution in [0, 0.1) is 12.7 Å². The summed E-state index contributed by atoms with van der Waals surface area (Å²) in [6.45, 7) is 3.81. The Morgan fingerprint density at radius 1 is 1.19 bits per heavy atom. The average Bonchev–Trinajstić information content (AvgIpc) is 3.04. The van der Waals surface area contributed by atoms with Gasteiger partial charge >= 0.3 is 0 Å². The number of fused-ring (bicyclic) bond motifs is 1. The molecule has 1 aliphatic rings. The van der Waals surface area contributed by atoms with E-state index in [4.69, 9.17) is 9.15 Å². The van der Waals surface area contributed by atoms with Crippen LogP contribution in [0.4, 0.5) is 10.1 Å². The molecule has 1 atom stereocenters. The van der Waals surface area contributed by atoms with Gasteiger partial charge in [-0.25, -0.2) is 9.37 Å². The van der Waals surface area contributed by atoms with Crippen LogP contribution in [0.1, 0.15) is 23.2 Å². The topological polar surface area (TPSA) is 55.6 Å². The zero-order valence-corrected chi connectivity index (χ0v) is 14.4. The molecule has 0 radical (unpaired) electrons. The van der Waals surface area contributed by atoms with Crippen LogP contribution < -0.4 is 9.64 Å². The number of rotatable bonds is 2. The molecule has 1 amide bonds. The summed E-state index contributed by atoms with van der Waals surface area (Å²) in [6, 6.07) is 13.9. The fourth-order valence-electron chi connectivity index (χ4n) is 3.03. The molecular formula is C20H17FN2O3. The normalized spacial score (nSPS) is 16.1. The molecule has 26 heavy (non-hydrogen) atoms. The third-order valence-electron chi connectivity index (χ3n) is 4.25. The second kappa shape index (κ2) is 6.29. The zero-order valence-electron chi connectivity index (χ0n) is 14.4. The van der Waals surface area contributed by atoms with E-state index in [0.29, 0.717) is 23.8 Å². The third-order valence-corrected chi connectivity index (χ3v) is 4.25. The van der Waals surface area contributed by atoms with E-state index >= 15 is 0 Å². The van der Waals surface area contributed by atoms with E-state index in [1.807, 2.05) is 30.3 Å². The summed E-state index contributed by atoms with van der Waals surface area (Å²) in [6.07, 6.45) is -0.333. The number of oxazole rings is 1. The number of carbonyl (C=O) groups is 1. The van der Waals surface area contributed by atoms with Crippen molar-refractivity contribution in [2.45, 2.75) is 20.0 Å². The lowest BCUT2D eigenvalue weighted by Crippen LogP contribution is -2.42. The molecular weight excluding hydrogens is 335 g/mol. The van der Waals surface area contributed by atoms with Crippen LogP contribution in [-0.4, -0.2) is 23.5 Å². The van der Waals surface area contributed by atoms with E-state index in [1.54, 1.807) is 26.0 Å². The molecule has 3 aromatic rings. The molecule has 2 aromatic carbocycles. The highest BCUT2D eigenvalue weighted by molar-refractivity contribution is 6.06. The fraction of sp³-hybridized carbons (Fsp3) is 0.200. The Balaban J connectivity index is 1.73. The number of aromatic nitrogens is 1. The number of benzene rings is 2. The summed E-state index contributed by atoms with van der Waals surface area (Å²) < 4.78 is 25.4. The van der Waals surface area contributed by atoms with E-state index < -0.39 is 5.82 Å². The van der Waals surface area contributed by atoms with Gasteiger partial charge in [0.25, 0.3) is 5.91 Å². The van der Waals surface area contributed by atoms with E-state index in [-0.39, 0.29) is 23.5 Å². The van der Waals surface area contributed by atoms with Crippen molar-refractivity contribution in [1.29, 1.82) is 0 Å². The van der Waals surface area contributed by atoms with Crippen molar-refractivity contribution in [3.8, 4) is 17.2 Å². The van der Waals surface area contributed by atoms with Gasteiger partial charge in [-0.1, -0.05) is 24.3 Å². The van der Waals surface area contributed by atoms with Crippen LogP contribution >= 0.6 is 0 Å². The van der Waals surface area contributed by atoms with Crippen molar-refractivity contribution in [3.63, 3.8) is 0 Å². The summed E-state index contributed by atoms with van der Waals surface area (Å²) in [5.41, 5.74) is 1.67. The molecule has 0 unspecified atom stereocenters. The van der Waals surface area contributed by atoms with Gasteiger partial charge in [-0.3, -0.25) is 9.69 Å². The molecule has 0 spiro atoms. The molecule has 5 nitrogen and oxygen atoms in total. The summed E-state index contributed by atoms with van der Waals surface area (Å²) in [7, 11) is 0. The van der Waals surface area contributed by atoms with Crippen LogP contribution in [0.2, 0.25) is 0 Å². The maximum Gasteiger partial charge on any atom is 0.296 e. The Labute approximate surface area is 150 Å². The van der Waals surface area contributed by atoms with Crippen LogP contribution in [0.25, 0.3) is 11.5 Å². The first-order valence-corrected chi connectivity index (χ1v) is 8.34. The predicted molar refractivity (Wildman–Crippen MR) is 94.8 cm³/mol. The van der Waals surface area contributed by atoms with E-state index in [1.165, 1.54) is 11.0 Å². The number of hydrogen-bond acceptors (Lipinski definition) is 4. The lowest BCUT2D eigenvalue weighted by molar-refractivity contribution is 0.0932. The number of halogens is 1. The second-order valence-electron chi connectivity index (χ2n) is 6.23.